The van der Waals surface area contributed by atoms with Crippen molar-refractivity contribution in [2.75, 3.05) is 12.4 Å². The van der Waals surface area contributed by atoms with Gasteiger partial charge in [0.05, 0.1) is 7.11 Å². The minimum Gasteiger partial charge on any atom is -0.493 e. The lowest BCUT2D eigenvalue weighted by Crippen LogP contribution is -2.09. The minimum atomic E-state index is -0.282. The molecule has 0 amide bonds. The number of rotatable bonds is 7. The Kier molecular flexibility index (Phi) is 5.67. The van der Waals surface area contributed by atoms with Crippen molar-refractivity contribution in [3.63, 3.8) is 0 Å². The molecule has 26 heavy (non-hydrogen) atoms. The van der Waals surface area contributed by atoms with Crippen LogP contribution in [0.15, 0.2) is 40.9 Å². The summed E-state index contributed by atoms with van der Waals surface area (Å²) in [5.41, 5.74) is 1.71. The number of aryl methyl sites for hydroxylation is 1. The Balaban J connectivity index is 1.82. The topological polar surface area (TPSA) is 74.1 Å². The Bertz CT molecular complexity index is 885. The molecule has 0 aliphatic carbocycles. The largest absolute Gasteiger partial charge is 0.493 e. The molecular formula is C17H17BrFN5O2. The summed E-state index contributed by atoms with van der Waals surface area (Å²) in [6, 6.07) is 9.87. The van der Waals surface area contributed by atoms with Gasteiger partial charge >= 0.3 is 0 Å². The predicted molar refractivity (Wildman–Crippen MR) is 97.6 cm³/mol. The number of anilines is 1. The smallest absolute Gasteiger partial charge is 0.242 e. The average Bonchev–Trinajstić information content (AvgIpc) is 3.05. The number of tetrazole rings is 1. The van der Waals surface area contributed by atoms with Crippen LogP contribution in [0.5, 0.6) is 11.5 Å². The van der Waals surface area contributed by atoms with Gasteiger partial charge in [0.2, 0.25) is 5.95 Å². The molecule has 3 aromatic rings. The summed E-state index contributed by atoms with van der Waals surface area (Å²) in [5, 5.41) is 14.4. The van der Waals surface area contributed by atoms with Crippen molar-refractivity contribution in [2.45, 2.75) is 13.2 Å². The van der Waals surface area contributed by atoms with Crippen LogP contribution >= 0.6 is 15.9 Å². The first-order valence-corrected chi connectivity index (χ1v) is 8.56. The lowest BCUT2D eigenvalue weighted by molar-refractivity contribution is 0.281. The van der Waals surface area contributed by atoms with Crippen molar-refractivity contribution in [3.8, 4) is 11.5 Å². The molecule has 1 N–H and O–H groups in total. The summed E-state index contributed by atoms with van der Waals surface area (Å²) in [6.07, 6.45) is 0. The van der Waals surface area contributed by atoms with Crippen LogP contribution in [0.1, 0.15) is 11.1 Å². The first-order valence-electron chi connectivity index (χ1n) is 7.77. The third-order valence-electron chi connectivity index (χ3n) is 3.73. The number of ether oxygens (including phenoxy) is 2. The van der Waals surface area contributed by atoms with Crippen molar-refractivity contribution < 1.29 is 13.9 Å². The molecule has 0 bridgehead atoms. The van der Waals surface area contributed by atoms with Crippen LogP contribution < -0.4 is 14.8 Å². The molecule has 136 valence electrons. The van der Waals surface area contributed by atoms with Gasteiger partial charge in [-0.3, -0.25) is 0 Å². The number of methoxy groups -OCH3 is 1. The minimum absolute atomic E-state index is 0.282. The fourth-order valence-corrected chi connectivity index (χ4v) is 2.80. The normalized spacial score (nSPS) is 10.6. The molecule has 0 atom stereocenters. The molecule has 2 aromatic carbocycles. The van der Waals surface area contributed by atoms with Crippen LogP contribution in [-0.2, 0) is 20.2 Å². The van der Waals surface area contributed by atoms with E-state index in [4.69, 9.17) is 9.47 Å². The first-order chi connectivity index (χ1) is 12.6. The van der Waals surface area contributed by atoms with Gasteiger partial charge in [-0.25, -0.2) is 9.07 Å². The average molecular weight is 422 g/mol. The van der Waals surface area contributed by atoms with E-state index in [0.717, 1.165) is 15.6 Å². The third kappa shape index (κ3) is 4.10. The maximum atomic E-state index is 13.1. The second kappa shape index (κ2) is 8.13. The van der Waals surface area contributed by atoms with Crippen LogP contribution in [0, 0.1) is 5.82 Å². The van der Waals surface area contributed by atoms with E-state index in [1.807, 2.05) is 12.1 Å². The standard InChI is InChI=1S/C17H17BrFN5O2/c1-24-17(21-22-23-24)20-9-13-14(18)7-8-15(25-2)16(13)26-10-11-3-5-12(19)6-4-11/h3-8H,9-10H2,1-2H3,(H,20,21,23). The summed E-state index contributed by atoms with van der Waals surface area (Å²) in [5.74, 6) is 1.44. The highest BCUT2D eigenvalue weighted by atomic mass is 79.9. The van der Waals surface area contributed by atoms with Crippen LogP contribution in [0.25, 0.3) is 0 Å². The molecule has 0 spiro atoms. The number of hydrogen-bond acceptors (Lipinski definition) is 6. The summed E-state index contributed by atoms with van der Waals surface area (Å²) in [4.78, 5) is 0. The second-order valence-corrected chi connectivity index (χ2v) is 6.31. The number of benzene rings is 2. The summed E-state index contributed by atoms with van der Waals surface area (Å²) in [7, 11) is 3.33. The van der Waals surface area contributed by atoms with Gasteiger partial charge < -0.3 is 14.8 Å². The molecule has 0 unspecified atom stereocenters. The number of nitrogens with zero attached hydrogens (tertiary/aromatic N) is 4. The molecule has 0 saturated carbocycles. The van der Waals surface area contributed by atoms with Gasteiger partial charge in [-0.2, -0.15) is 0 Å². The molecule has 0 radical (unpaired) electrons. The van der Waals surface area contributed by atoms with Gasteiger partial charge in [-0.05, 0) is 40.3 Å². The van der Waals surface area contributed by atoms with E-state index in [1.54, 1.807) is 26.3 Å². The molecule has 9 heteroatoms. The van der Waals surface area contributed by atoms with E-state index in [2.05, 4.69) is 36.8 Å². The fraction of sp³-hybridized carbons (Fsp3) is 0.235. The molecule has 0 fully saturated rings. The molecule has 0 aliphatic heterocycles. The lowest BCUT2D eigenvalue weighted by Gasteiger charge is -2.17. The number of nitrogens with one attached hydrogen (secondary N) is 1. The highest BCUT2D eigenvalue weighted by Gasteiger charge is 2.16. The zero-order valence-electron chi connectivity index (χ0n) is 14.2. The van der Waals surface area contributed by atoms with Gasteiger partial charge in [-0.1, -0.05) is 33.2 Å². The molecule has 7 nitrogen and oxygen atoms in total. The van der Waals surface area contributed by atoms with Gasteiger partial charge in [0, 0.05) is 23.6 Å². The van der Waals surface area contributed by atoms with Crippen LogP contribution in [0.2, 0.25) is 0 Å². The number of aromatic nitrogens is 4. The van der Waals surface area contributed by atoms with Gasteiger partial charge in [0.15, 0.2) is 11.5 Å². The maximum Gasteiger partial charge on any atom is 0.242 e. The predicted octanol–water partition coefficient (Wildman–Crippen LogP) is 3.31. The van der Waals surface area contributed by atoms with E-state index in [-0.39, 0.29) is 12.4 Å². The lowest BCUT2D eigenvalue weighted by atomic mass is 10.1. The zero-order valence-corrected chi connectivity index (χ0v) is 15.8. The maximum absolute atomic E-state index is 13.1. The Morgan fingerprint density at radius 1 is 1.19 bits per heavy atom. The number of hydrogen-bond donors (Lipinski definition) is 1. The van der Waals surface area contributed by atoms with Gasteiger partial charge in [-0.15, -0.1) is 0 Å². The van der Waals surface area contributed by atoms with Crippen LogP contribution in [-0.4, -0.2) is 27.3 Å². The summed E-state index contributed by atoms with van der Waals surface area (Å²) >= 11 is 3.55. The fourth-order valence-electron chi connectivity index (χ4n) is 2.35. The van der Waals surface area contributed by atoms with Crippen molar-refractivity contribution in [1.29, 1.82) is 0 Å². The Morgan fingerprint density at radius 3 is 2.62 bits per heavy atom. The third-order valence-corrected chi connectivity index (χ3v) is 4.47. The van der Waals surface area contributed by atoms with Crippen LogP contribution in [0.4, 0.5) is 10.3 Å². The van der Waals surface area contributed by atoms with E-state index in [0.29, 0.717) is 24.0 Å². The van der Waals surface area contributed by atoms with Gasteiger partial charge in [0.1, 0.15) is 12.4 Å². The van der Waals surface area contributed by atoms with Gasteiger partial charge in [0.25, 0.3) is 0 Å². The first kappa shape index (κ1) is 18.1. The summed E-state index contributed by atoms with van der Waals surface area (Å²) < 4.78 is 26.9. The molecule has 1 heterocycles. The Morgan fingerprint density at radius 2 is 1.96 bits per heavy atom. The molecule has 0 aliphatic rings. The molecule has 0 saturated heterocycles. The van der Waals surface area contributed by atoms with Crippen molar-refractivity contribution in [3.05, 3.63) is 57.8 Å². The second-order valence-electron chi connectivity index (χ2n) is 5.45. The Labute approximate surface area is 158 Å². The zero-order chi connectivity index (χ0) is 18.5. The van der Waals surface area contributed by atoms with E-state index in [1.165, 1.54) is 16.8 Å². The monoisotopic (exact) mass is 421 g/mol. The Hall–Kier alpha value is -2.68. The summed E-state index contributed by atoms with van der Waals surface area (Å²) in [6.45, 7) is 0.705. The van der Waals surface area contributed by atoms with Crippen molar-refractivity contribution in [1.82, 2.24) is 20.2 Å². The van der Waals surface area contributed by atoms with Crippen LogP contribution in [0.3, 0.4) is 0 Å². The highest BCUT2D eigenvalue weighted by molar-refractivity contribution is 9.10. The SMILES string of the molecule is COc1ccc(Br)c(CNc2nnnn2C)c1OCc1ccc(F)cc1. The molecule has 3 rings (SSSR count). The van der Waals surface area contributed by atoms with E-state index >= 15 is 0 Å². The van der Waals surface area contributed by atoms with Crippen molar-refractivity contribution in [2.24, 2.45) is 7.05 Å². The number of halogens is 2. The molecular weight excluding hydrogens is 405 g/mol. The molecule has 1 aromatic heterocycles. The quantitative estimate of drug-likeness (QED) is 0.630. The van der Waals surface area contributed by atoms with E-state index in [9.17, 15) is 4.39 Å². The highest BCUT2D eigenvalue weighted by Crippen LogP contribution is 2.37. The van der Waals surface area contributed by atoms with E-state index < -0.39 is 0 Å². The van der Waals surface area contributed by atoms with Crippen molar-refractivity contribution >= 4 is 21.9 Å².